The Balaban J connectivity index is 1.78. The zero-order valence-corrected chi connectivity index (χ0v) is 14.2. The topological polar surface area (TPSA) is 27.6 Å². The van der Waals surface area contributed by atoms with Gasteiger partial charge in [0, 0.05) is 10.8 Å². The molecule has 0 aromatic heterocycles. The average Bonchev–Trinajstić information content (AvgIpc) is 2.82. The summed E-state index contributed by atoms with van der Waals surface area (Å²) in [7, 11) is 0. The van der Waals surface area contributed by atoms with Crippen LogP contribution >= 0.6 is 23.4 Å². The Bertz CT molecular complexity index is 668. The fourth-order valence-corrected chi connectivity index (χ4v) is 3.41. The minimum absolute atomic E-state index is 0.307. The molecule has 0 spiro atoms. The maximum absolute atomic E-state index is 5.98. The maximum Gasteiger partial charge on any atom is 0.180 e. The Morgan fingerprint density at radius 2 is 1.77 bits per heavy atom. The van der Waals surface area contributed by atoms with Gasteiger partial charge in [-0.15, -0.1) is 0 Å². The number of benzene rings is 2. The molecular weight excluding hydrogens is 314 g/mol. The van der Waals surface area contributed by atoms with Gasteiger partial charge in [-0.3, -0.25) is 5.01 Å². The number of aliphatic imine (C=N–C) groups is 1. The zero-order valence-electron chi connectivity index (χ0n) is 12.6. The van der Waals surface area contributed by atoms with Crippen molar-refractivity contribution in [2.75, 3.05) is 5.01 Å². The molecule has 22 heavy (non-hydrogen) atoms. The van der Waals surface area contributed by atoms with Gasteiger partial charge in [-0.05, 0) is 43.7 Å². The Labute approximate surface area is 140 Å². The van der Waals surface area contributed by atoms with E-state index in [0.717, 1.165) is 21.6 Å². The summed E-state index contributed by atoms with van der Waals surface area (Å²) in [4.78, 5) is 4.78. The van der Waals surface area contributed by atoms with Gasteiger partial charge in [-0.25, -0.2) is 10.4 Å². The van der Waals surface area contributed by atoms with Crippen molar-refractivity contribution < 1.29 is 0 Å². The van der Waals surface area contributed by atoms with Crippen LogP contribution in [0.2, 0.25) is 5.02 Å². The largest absolute Gasteiger partial charge is 0.252 e. The fraction of sp³-hybridized carbons (Fsp3) is 0.235. The van der Waals surface area contributed by atoms with Crippen molar-refractivity contribution in [3.63, 3.8) is 0 Å². The molecule has 0 saturated carbocycles. The molecule has 0 amide bonds. The van der Waals surface area contributed by atoms with Gasteiger partial charge in [0.05, 0.1) is 5.69 Å². The second-order valence-electron chi connectivity index (χ2n) is 5.65. The predicted molar refractivity (Wildman–Crippen MR) is 96.3 cm³/mol. The molecule has 1 N–H and O–H groups in total. The Morgan fingerprint density at radius 3 is 2.45 bits per heavy atom. The molecule has 1 aliphatic rings. The normalized spacial score (nSPS) is 16.7. The van der Waals surface area contributed by atoms with Gasteiger partial charge in [-0.1, -0.05) is 53.7 Å². The highest BCUT2D eigenvalue weighted by Crippen LogP contribution is 2.29. The molecule has 2 aromatic rings. The molecule has 1 aliphatic heterocycles. The van der Waals surface area contributed by atoms with Crippen LogP contribution in [0.25, 0.3) is 0 Å². The van der Waals surface area contributed by atoms with Gasteiger partial charge in [0.15, 0.2) is 5.17 Å². The summed E-state index contributed by atoms with van der Waals surface area (Å²) in [6.07, 6.45) is 0. The second-order valence-corrected chi connectivity index (χ2v) is 7.03. The summed E-state index contributed by atoms with van der Waals surface area (Å²) in [5.41, 5.74) is 5.44. The molecule has 0 fully saturated rings. The van der Waals surface area contributed by atoms with E-state index < -0.39 is 0 Å². The standard InChI is InChI=1S/C17H18ClN3S/c1-17(2)19-16(22-12-13-6-4-3-5-7-13)21(20-17)15-10-8-14(18)9-11-15/h3-11,20H,12H2,1-2H3. The average molecular weight is 332 g/mol. The van der Waals surface area contributed by atoms with Crippen LogP contribution in [-0.2, 0) is 5.75 Å². The van der Waals surface area contributed by atoms with Gasteiger partial charge in [-0.2, -0.15) is 0 Å². The van der Waals surface area contributed by atoms with E-state index in [9.17, 15) is 0 Å². The summed E-state index contributed by atoms with van der Waals surface area (Å²) in [5, 5.41) is 3.73. The first kappa shape index (κ1) is 15.4. The van der Waals surface area contributed by atoms with Crippen molar-refractivity contribution >= 4 is 34.2 Å². The summed E-state index contributed by atoms with van der Waals surface area (Å²) in [6.45, 7) is 4.12. The van der Waals surface area contributed by atoms with Crippen molar-refractivity contribution in [3.05, 3.63) is 65.2 Å². The molecule has 0 bridgehead atoms. The number of hydrogen-bond donors (Lipinski definition) is 1. The van der Waals surface area contributed by atoms with Crippen molar-refractivity contribution in [1.29, 1.82) is 0 Å². The molecule has 1 heterocycles. The molecule has 0 aliphatic carbocycles. The van der Waals surface area contributed by atoms with Gasteiger partial charge in [0.1, 0.15) is 5.66 Å². The van der Waals surface area contributed by atoms with E-state index in [1.165, 1.54) is 5.56 Å². The van der Waals surface area contributed by atoms with Crippen LogP contribution < -0.4 is 10.4 Å². The molecule has 0 atom stereocenters. The van der Waals surface area contributed by atoms with E-state index in [4.69, 9.17) is 16.6 Å². The highest BCUT2D eigenvalue weighted by atomic mass is 35.5. The minimum atomic E-state index is -0.307. The first-order chi connectivity index (χ1) is 10.5. The third-order valence-electron chi connectivity index (χ3n) is 3.25. The van der Waals surface area contributed by atoms with E-state index in [1.807, 2.05) is 35.3 Å². The second kappa shape index (κ2) is 6.32. The minimum Gasteiger partial charge on any atom is -0.252 e. The quantitative estimate of drug-likeness (QED) is 0.884. The summed E-state index contributed by atoms with van der Waals surface area (Å²) < 4.78 is 0. The number of rotatable bonds is 3. The Kier molecular flexibility index (Phi) is 4.43. The summed E-state index contributed by atoms with van der Waals surface area (Å²) in [5.74, 6) is 0.890. The van der Waals surface area contributed by atoms with Gasteiger partial charge in [0.2, 0.25) is 0 Å². The van der Waals surface area contributed by atoms with E-state index in [1.54, 1.807) is 11.8 Å². The number of thioether (sulfide) groups is 1. The number of nitrogens with zero attached hydrogens (tertiary/aromatic N) is 2. The lowest BCUT2D eigenvalue weighted by molar-refractivity contribution is 0.448. The highest BCUT2D eigenvalue weighted by molar-refractivity contribution is 8.13. The fourth-order valence-electron chi connectivity index (χ4n) is 2.22. The highest BCUT2D eigenvalue weighted by Gasteiger charge is 2.31. The Hall–Kier alpha value is -1.49. The molecule has 0 radical (unpaired) electrons. The van der Waals surface area contributed by atoms with Crippen LogP contribution in [0.4, 0.5) is 5.69 Å². The van der Waals surface area contributed by atoms with Crippen LogP contribution in [0.1, 0.15) is 19.4 Å². The number of halogens is 1. The zero-order chi connectivity index (χ0) is 15.6. The monoisotopic (exact) mass is 331 g/mol. The molecule has 5 heteroatoms. The van der Waals surface area contributed by atoms with Crippen LogP contribution in [0.5, 0.6) is 0 Å². The maximum atomic E-state index is 5.98. The lowest BCUT2D eigenvalue weighted by Crippen LogP contribution is -2.44. The van der Waals surface area contributed by atoms with Crippen molar-refractivity contribution in [2.45, 2.75) is 25.3 Å². The van der Waals surface area contributed by atoms with Crippen molar-refractivity contribution in [3.8, 4) is 0 Å². The number of anilines is 1. The van der Waals surface area contributed by atoms with E-state index in [-0.39, 0.29) is 5.66 Å². The van der Waals surface area contributed by atoms with Crippen molar-refractivity contribution in [1.82, 2.24) is 5.43 Å². The van der Waals surface area contributed by atoms with Gasteiger partial charge >= 0.3 is 0 Å². The summed E-state index contributed by atoms with van der Waals surface area (Å²) in [6, 6.07) is 18.2. The summed E-state index contributed by atoms with van der Waals surface area (Å²) >= 11 is 7.70. The molecule has 0 unspecified atom stereocenters. The van der Waals surface area contributed by atoms with E-state index in [2.05, 4.69) is 43.5 Å². The molecule has 3 nitrogen and oxygen atoms in total. The third kappa shape index (κ3) is 3.64. The Morgan fingerprint density at radius 1 is 1.09 bits per heavy atom. The lowest BCUT2D eigenvalue weighted by atomic mass is 10.2. The van der Waals surface area contributed by atoms with E-state index in [0.29, 0.717) is 0 Å². The first-order valence-electron chi connectivity index (χ1n) is 7.14. The van der Waals surface area contributed by atoms with Gasteiger partial charge in [0.25, 0.3) is 0 Å². The predicted octanol–water partition coefficient (Wildman–Crippen LogP) is 4.69. The molecular formula is C17H18ClN3S. The van der Waals surface area contributed by atoms with Crippen LogP contribution in [0.3, 0.4) is 0 Å². The number of hydrogen-bond acceptors (Lipinski definition) is 4. The van der Waals surface area contributed by atoms with Crippen molar-refractivity contribution in [2.24, 2.45) is 4.99 Å². The molecule has 3 rings (SSSR count). The van der Waals surface area contributed by atoms with Gasteiger partial charge < -0.3 is 0 Å². The molecule has 2 aromatic carbocycles. The number of amidine groups is 1. The smallest absolute Gasteiger partial charge is 0.180 e. The van der Waals surface area contributed by atoms with E-state index >= 15 is 0 Å². The number of hydrazine groups is 1. The van der Waals surface area contributed by atoms with Crippen LogP contribution in [0.15, 0.2) is 59.6 Å². The third-order valence-corrected chi connectivity index (χ3v) is 4.51. The van der Waals surface area contributed by atoms with Crippen LogP contribution in [0, 0.1) is 0 Å². The SMILES string of the molecule is CC1(C)N=C(SCc2ccccc2)N(c2ccc(Cl)cc2)N1. The lowest BCUT2D eigenvalue weighted by Gasteiger charge is -2.23. The molecule has 114 valence electrons. The number of nitrogens with one attached hydrogen (secondary N) is 1. The molecule has 0 saturated heterocycles. The van der Waals surface area contributed by atoms with Crippen LogP contribution in [-0.4, -0.2) is 10.8 Å². The first-order valence-corrected chi connectivity index (χ1v) is 8.50.